The van der Waals surface area contributed by atoms with Gasteiger partial charge in [0.05, 0.1) is 21.6 Å². The Balaban J connectivity index is 1.59. The van der Waals surface area contributed by atoms with Crippen molar-refractivity contribution in [1.82, 2.24) is 24.1 Å². The van der Waals surface area contributed by atoms with Gasteiger partial charge in [-0.1, -0.05) is 13.8 Å². The molecule has 28 heavy (non-hydrogen) atoms. The van der Waals surface area contributed by atoms with Gasteiger partial charge in [0.15, 0.2) is 11.2 Å². The number of aryl methyl sites for hydroxylation is 1. The zero-order chi connectivity index (χ0) is 20.0. The number of rotatable bonds is 4. The van der Waals surface area contributed by atoms with Crippen LogP contribution in [0.4, 0.5) is 5.69 Å². The largest absolute Gasteiger partial charge is 0.329 e. The number of amides is 1. The molecule has 0 aliphatic heterocycles. The van der Waals surface area contributed by atoms with E-state index in [0.29, 0.717) is 11.6 Å². The summed E-state index contributed by atoms with van der Waals surface area (Å²) in [6.07, 6.45) is 1.38. The molecular weight excluding hydrogens is 380 g/mol. The number of H-pyrrole nitrogens is 1. The summed E-state index contributed by atoms with van der Waals surface area (Å²) in [5.74, 6) is 0.0412. The number of carbonyl (C=O) groups excluding carboxylic acids is 1. The highest BCUT2D eigenvalue weighted by molar-refractivity contribution is 7.18. The molecule has 1 aromatic carbocycles. The standard InChI is InChI=1S/C18H18N6O3S/c1-9(2)17-21-11-5-4-10(6-12(11)28-17)20-13(25)7-24-8-19-15-14(24)16(26)22-18(27)23(15)3/h4-6,8-9H,7H2,1-3H3,(H,20,25)(H,22,26,27). The average molecular weight is 398 g/mol. The summed E-state index contributed by atoms with van der Waals surface area (Å²) < 4.78 is 3.65. The summed E-state index contributed by atoms with van der Waals surface area (Å²) in [7, 11) is 1.51. The minimum atomic E-state index is -0.573. The normalized spacial score (nSPS) is 11.6. The first kappa shape index (κ1) is 18.1. The number of aromatic nitrogens is 5. The van der Waals surface area contributed by atoms with Crippen LogP contribution in [0.15, 0.2) is 34.1 Å². The van der Waals surface area contributed by atoms with E-state index in [2.05, 4.69) is 34.1 Å². The maximum absolute atomic E-state index is 12.5. The summed E-state index contributed by atoms with van der Waals surface area (Å²) in [5, 5.41) is 3.88. The lowest BCUT2D eigenvalue weighted by molar-refractivity contribution is -0.116. The molecule has 3 aromatic heterocycles. The molecule has 1 amide bonds. The fraction of sp³-hybridized carbons (Fsp3) is 0.278. The van der Waals surface area contributed by atoms with Crippen molar-refractivity contribution in [3.8, 4) is 0 Å². The predicted molar refractivity (Wildman–Crippen MR) is 108 cm³/mol. The molecule has 2 N–H and O–H groups in total. The quantitative estimate of drug-likeness (QED) is 0.544. The van der Waals surface area contributed by atoms with Gasteiger partial charge in [-0.2, -0.15) is 0 Å². The molecule has 0 spiro atoms. The molecule has 0 radical (unpaired) electrons. The monoisotopic (exact) mass is 398 g/mol. The van der Waals surface area contributed by atoms with Crippen LogP contribution in [0.5, 0.6) is 0 Å². The number of hydrogen-bond acceptors (Lipinski definition) is 6. The Bertz CT molecular complexity index is 1330. The molecule has 9 nitrogen and oxygen atoms in total. The van der Waals surface area contributed by atoms with E-state index in [1.807, 2.05) is 12.1 Å². The van der Waals surface area contributed by atoms with Crippen LogP contribution in [-0.2, 0) is 18.4 Å². The number of benzene rings is 1. The lowest BCUT2D eigenvalue weighted by Crippen LogP contribution is -2.30. The maximum atomic E-state index is 12.5. The van der Waals surface area contributed by atoms with Gasteiger partial charge in [-0.25, -0.2) is 14.8 Å². The number of hydrogen-bond donors (Lipinski definition) is 2. The van der Waals surface area contributed by atoms with E-state index in [1.54, 1.807) is 17.4 Å². The molecular formula is C18H18N6O3S. The molecule has 144 valence electrons. The van der Waals surface area contributed by atoms with Gasteiger partial charge in [-0.3, -0.25) is 19.1 Å². The molecule has 0 saturated heterocycles. The number of aromatic amines is 1. The van der Waals surface area contributed by atoms with E-state index >= 15 is 0 Å². The minimum Gasteiger partial charge on any atom is -0.324 e. The molecule has 0 unspecified atom stereocenters. The SMILES string of the molecule is CC(C)c1nc2ccc(NC(=O)Cn3cnc4c3c(=O)[nH]c(=O)n4C)cc2s1. The zero-order valence-electron chi connectivity index (χ0n) is 15.5. The Morgan fingerprint density at radius 2 is 2.11 bits per heavy atom. The topological polar surface area (TPSA) is 115 Å². The van der Waals surface area contributed by atoms with Gasteiger partial charge >= 0.3 is 5.69 Å². The van der Waals surface area contributed by atoms with Gasteiger partial charge in [0.1, 0.15) is 6.54 Å². The zero-order valence-corrected chi connectivity index (χ0v) is 16.3. The smallest absolute Gasteiger partial charge is 0.324 e. The van der Waals surface area contributed by atoms with Crippen LogP contribution in [0.1, 0.15) is 24.8 Å². The van der Waals surface area contributed by atoms with Gasteiger partial charge in [-0.05, 0) is 18.2 Å². The fourth-order valence-electron chi connectivity index (χ4n) is 2.93. The Labute approximate surface area is 162 Å². The Hall–Kier alpha value is -3.27. The second kappa shape index (κ2) is 6.71. The van der Waals surface area contributed by atoms with Crippen LogP contribution >= 0.6 is 11.3 Å². The Kier molecular flexibility index (Phi) is 4.34. The van der Waals surface area contributed by atoms with Crippen molar-refractivity contribution >= 4 is 44.3 Å². The van der Waals surface area contributed by atoms with Crippen molar-refractivity contribution in [2.45, 2.75) is 26.3 Å². The summed E-state index contributed by atoms with van der Waals surface area (Å²) in [6.45, 7) is 4.08. The number of anilines is 1. The van der Waals surface area contributed by atoms with Crippen molar-refractivity contribution in [2.75, 3.05) is 5.32 Å². The van der Waals surface area contributed by atoms with Crippen molar-refractivity contribution in [2.24, 2.45) is 7.05 Å². The van der Waals surface area contributed by atoms with Gasteiger partial charge < -0.3 is 9.88 Å². The van der Waals surface area contributed by atoms with Crippen molar-refractivity contribution < 1.29 is 4.79 Å². The summed E-state index contributed by atoms with van der Waals surface area (Å²) in [4.78, 5) is 47.1. The van der Waals surface area contributed by atoms with Crippen molar-refractivity contribution in [1.29, 1.82) is 0 Å². The van der Waals surface area contributed by atoms with Gasteiger partial charge in [0, 0.05) is 18.7 Å². The van der Waals surface area contributed by atoms with Crippen LogP contribution < -0.4 is 16.6 Å². The Morgan fingerprint density at radius 3 is 2.86 bits per heavy atom. The van der Waals surface area contributed by atoms with E-state index < -0.39 is 11.2 Å². The van der Waals surface area contributed by atoms with Crippen LogP contribution in [0.3, 0.4) is 0 Å². The summed E-state index contributed by atoms with van der Waals surface area (Å²) in [5.41, 5.74) is 0.842. The maximum Gasteiger partial charge on any atom is 0.329 e. The molecule has 0 saturated carbocycles. The second-order valence-corrected chi connectivity index (χ2v) is 7.86. The van der Waals surface area contributed by atoms with Gasteiger partial charge in [0.25, 0.3) is 5.56 Å². The van der Waals surface area contributed by atoms with Crippen LogP contribution in [0.25, 0.3) is 21.4 Å². The summed E-state index contributed by atoms with van der Waals surface area (Å²) >= 11 is 1.60. The number of imidazole rings is 1. The molecule has 0 atom stereocenters. The van der Waals surface area contributed by atoms with Gasteiger partial charge in [0.2, 0.25) is 5.91 Å². The highest BCUT2D eigenvalue weighted by Crippen LogP contribution is 2.29. The van der Waals surface area contributed by atoms with Crippen LogP contribution in [0, 0.1) is 0 Å². The lowest BCUT2D eigenvalue weighted by atomic mass is 10.2. The third kappa shape index (κ3) is 3.11. The second-order valence-electron chi connectivity index (χ2n) is 6.80. The first-order chi connectivity index (χ1) is 13.3. The van der Waals surface area contributed by atoms with E-state index in [4.69, 9.17) is 0 Å². The van der Waals surface area contributed by atoms with E-state index in [0.717, 1.165) is 15.2 Å². The molecule has 3 heterocycles. The molecule has 0 fully saturated rings. The molecule has 0 aliphatic carbocycles. The third-order valence-electron chi connectivity index (χ3n) is 4.37. The lowest BCUT2D eigenvalue weighted by Gasteiger charge is -2.07. The molecule has 4 aromatic rings. The van der Waals surface area contributed by atoms with E-state index in [-0.39, 0.29) is 23.6 Å². The molecule has 10 heteroatoms. The number of nitrogens with one attached hydrogen (secondary N) is 2. The van der Waals surface area contributed by atoms with Crippen LogP contribution in [-0.4, -0.2) is 30.0 Å². The highest BCUT2D eigenvalue weighted by atomic mass is 32.1. The highest BCUT2D eigenvalue weighted by Gasteiger charge is 2.14. The molecule has 0 bridgehead atoms. The first-order valence-corrected chi connectivity index (χ1v) is 9.49. The number of nitrogens with zero attached hydrogens (tertiary/aromatic N) is 4. The number of carbonyl (C=O) groups is 1. The predicted octanol–water partition coefficient (Wildman–Crippen LogP) is 1.80. The number of thiazole rings is 1. The fourth-order valence-corrected chi connectivity index (χ4v) is 3.94. The molecule has 4 rings (SSSR count). The van der Waals surface area contributed by atoms with Crippen molar-refractivity contribution in [3.63, 3.8) is 0 Å². The van der Waals surface area contributed by atoms with E-state index in [1.165, 1.54) is 22.5 Å². The first-order valence-electron chi connectivity index (χ1n) is 8.68. The minimum absolute atomic E-state index is 0.101. The van der Waals surface area contributed by atoms with Crippen molar-refractivity contribution in [3.05, 3.63) is 50.4 Å². The van der Waals surface area contributed by atoms with Crippen LogP contribution in [0.2, 0.25) is 0 Å². The summed E-state index contributed by atoms with van der Waals surface area (Å²) in [6, 6.07) is 5.56. The molecule has 0 aliphatic rings. The average Bonchev–Trinajstić information content (AvgIpc) is 3.24. The number of fused-ring (bicyclic) bond motifs is 2. The Morgan fingerprint density at radius 1 is 1.32 bits per heavy atom. The van der Waals surface area contributed by atoms with E-state index in [9.17, 15) is 14.4 Å². The third-order valence-corrected chi connectivity index (χ3v) is 5.69. The van der Waals surface area contributed by atoms with Gasteiger partial charge in [-0.15, -0.1) is 11.3 Å².